The summed E-state index contributed by atoms with van der Waals surface area (Å²) >= 11 is 6.59. The molecule has 0 saturated carbocycles. The van der Waals surface area contributed by atoms with Gasteiger partial charge in [0.25, 0.3) is 0 Å². The Labute approximate surface area is 143 Å². The van der Waals surface area contributed by atoms with Gasteiger partial charge in [0.05, 0.1) is 6.04 Å². The van der Waals surface area contributed by atoms with Gasteiger partial charge in [0, 0.05) is 23.1 Å². The van der Waals surface area contributed by atoms with Gasteiger partial charge in [0.15, 0.2) is 0 Å². The molecule has 23 heavy (non-hydrogen) atoms. The quantitative estimate of drug-likeness (QED) is 0.694. The lowest BCUT2D eigenvalue weighted by Crippen LogP contribution is -2.09. The van der Waals surface area contributed by atoms with E-state index in [1.54, 1.807) is 0 Å². The van der Waals surface area contributed by atoms with Gasteiger partial charge in [-0.15, -0.1) is 0 Å². The molecule has 0 aromatic rings. The highest BCUT2D eigenvalue weighted by atomic mass is 35.5. The number of aliphatic imine (C=N–C) groups is 1. The van der Waals surface area contributed by atoms with Crippen LogP contribution in [0.3, 0.4) is 0 Å². The number of allylic oxidation sites excluding steroid dienone is 8. The van der Waals surface area contributed by atoms with Gasteiger partial charge in [-0.25, -0.2) is 0 Å². The standard InChI is InChI=1S/C20H23ClN2/c21-20-16(14-22-18-10-3-1-4-11-18)8-7-9-17(20)15-23-19-12-5-2-6-13-19/h1,3-5,10,12-15,18,23H,2,6-9,11H2/b17-15+,22-14?. The first-order valence-electron chi connectivity index (χ1n) is 8.41. The van der Waals surface area contributed by atoms with Crippen LogP contribution in [-0.4, -0.2) is 12.3 Å². The number of nitrogens with one attached hydrogen (secondary N) is 1. The number of hydrogen-bond acceptors (Lipinski definition) is 2. The molecular weight excluding hydrogens is 304 g/mol. The number of rotatable bonds is 4. The molecule has 120 valence electrons. The lowest BCUT2D eigenvalue weighted by Gasteiger charge is -2.18. The fourth-order valence-electron chi connectivity index (χ4n) is 2.91. The monoisotopic (exact) mass is 326 g/mol. The summed E-state index contributed by atoms with van der Waals surface area (Å²) < 4.78 is 0. The highest BCUT2D eigenvalue weighted by molar-refractivity contribution is 6.33. The Kier molecular flexibility index (Phi) is 5.71. The predicted octanol–water partition coefficient (Wildman–Crippen LogP) is 5.33. The molecule has 0 aliphatic heterocycles. The smallest absolute Gasteiger partial charge is 0.0717 e. The summed E-state index contributed by atoms with van der Waals surface area (Å²) in [4.78, 5) is 4.67. The summed E-state index contributed by atoms with van der Waals surface area (Å²) in [7, 11) is 0. The fraction of sp³-hybridized carbons (Fsp3) is 0.350. The summed E-state index contributed by atoms with van der Waals surface area (Å²) in [5, 5.41) is 4.24. The van der Waals surface area contributed by atoms with E-state index in [0.29, 0.717) is 0 Å². The molecule has 1 atom stereocenters. The van der Waals surface area contributed by atoms with Crippen molar-refractivity contribution in [2.75, 3.05) is 0 Å². The van der Waals surface area contributed by atoms with Crippen molar-refractivity contribution in [3.05, 3.63) is 70.6 Å². The zero-order chi connectivity index (χ0) is 15.9. The predicted molar refractivity (Wildman–Crippen MR) is 99.6 cm³/mol. The zero-order valence-corrected chi connectivity index (χ0v) is 14.1. The molecule has 1 N–H and O–H groups in total. The average molecular weight is 327 g/mol. The molecule has 3 aliphatic rings. The molecule has 1 unspecified atom stereocenters. The van der Waals surface area contributed by atoms with Gasteiger partial charge in [0.2, 0.25) is 0 Å². The Morgan fingerprint density at radius 2 is 2.13 bits per heavy atom. The maximum atomic E-state index is 6.59. The van der Waals surface area contributed by atoms with Crippen LogP contribution < -0.4 is 5.32 Å². The lowest BCUT2D eigenvalue weighted by atomic mass is 9.96. The first-order chi connectivity index (χ1) is 11.3. The van der Waals surface area contributed by atoms with Crippen molar-refractivity contribution in [2.45, 2.75) is 44.6 Å². The molecule has 3 heteroatoms. The molecule has 0 bridgehead atoms. The largest absolute Gasteiger partial charge is 0.362 e. The molecule has 0 aromatic heterocycles. The topological polar surface area (TPSA) is 24.4 Å². The van der Waals surface area contributed by atoms with Gasteiger partial charge < -0.3 is 5.32 Å². The Balaban J connectivity index is 1.68. The number of hydrogen-bond donors (Lipinski definition) is 1. The minimum Gasteiger partial charge on any atom is -0.362 e. The van der Waals surface area contributed by atoms with Gasteiger partial charge in [0.1, 0.15) is 0 Å². The molecule has 0 heterocycles. The molecule has 0 aromatic carbocycles. The molecule has 0 radical (unpaired) electrons. The highest BCUT2D eigenvalue weighted by Gasteiger charge is 2.15. The van der Waals surface area contributed by atoms with Gasteiger partial charge in [-0.1, -0.05) is 48.1 Å². The summed E-state index contributed by atoms with van der Waals surface area (Å²) in [5.74, 6) is 0. The van der Waals surface area contributed by atoms with E-state index in [2.05, 4.69) is 59.0 Å². The van der Waals surface area contributed by atoms with Crippen molar-refractivity contribution in [1.29, 1.82) is 0 Å². The van der Waals surface area contributed by atoms with Crippen LogP contribution in [0.5, 0.6) is 0 Å². The molecule has 0 fully saturated rings. The van der Waals surface area contributed by atoms with E-state index in [1.807, 2.05) is 6.21 Å². The van der Waals surface area contributed by atoms with Crippen LogP contribution in [0.2, 0.25) is 0 Å². The Morgan fingerprint density at radius 3 is 2.91 bits per heavy atom. The van der Waals surface area contributed by atoms with Crippen molar-refractivity contribution in [3.8, 4) is 0 Å². The van der Waals surface area contributed by atoms with Crippen LogP contribution in [0.25, 0.3) is 0 Å². The van der Waals surface area contributed by atoms with E-state index in [0.717, 1.165) is 54.8 Å². The van der Waals surface area contributed by atoms with Crippen LogP contribution >= 0.6 is 11.6 Å². The summed E-state index contributed by atoms with van der Waals surface area (Å²) in [6.45, 7) is 0. The second kappa shape index (κ2) is 8.16. The molecular formula is C20H23ClN2. The molecule has 0 amide bonds. The van der Waals surface area contributed by atoms with Crippen molar-refractivity contribution >= 4 is 17.8 Å². The van der Waals surface area contributed by atoms with Gasteiger partial charge in [-0.2, -0.15) is 0 Å². The van der Waals surface area contributed by atoms with Crippen molar-refractivity contribution in [3.63, 3.8) is 0 Å². The van der Waals surface area contributed by atoms with Crippen molar-refractivity contribution in [1.82, 2.24) is 5.32 Å². The van der Waals surface area contributed by atoms with Crippen LogP contribution in [0.15, 0.2) is 75.6 Å². The minimum absolute atomic E-state index is 0.252. The highest BCUT2D eigenvalue weighted by Crippen LogP contribution is 2.31. The van der Waals surface area contributed by atoms with E-state index < -0.39 is 0 Å². The second-order valence-electron chi connectivity index (χ2n) is 6.04. The van der Waals surface area contributed by atoms with E-state index in [4.69, 9.17) is 11.6 Å². The van der Waals surface area contributed by atoms with E-state index in [-0.39, 0.29) is 6.04 Å². The maximum Gasteiger partial charge on any atom is 0.0717 e. The number of halogens is 1. The first kappa shape index (κ1) is 16.1. The third kappa shape index (κ3) is 4.59. The molecule has 0 spiro atoms. The summed E-state index contributed by atoms with van der Waals surface area (Å²) in [6, 6.07) is 0.252. The SMILES string of the molecule is ClC1=C(C=NC2C=CC=CC2)CCC/C1=C\NC1=CCCC=C1. The average Bonchev–Trinajstić information content (AvgIpc) is 2.61. The Hall–Kier alpha value is -1.80. The van der Waals surface area contributed by atoms with Gasteiger partial charge >= 0.3 is 0 Å². The second-order valence-corrected chi connectivity index (χ2v) is 6.42. The summed E-state index contributed by atoms with van der Waals surface area (Å²) in [5.41, 5.74) is 3.49. The molecule has 3 rings (SSSR count). The zero-order valence-electron chi connectivity index (χ0n) is 13.3. The Bertz CT molecular complexity index is 645. The van der Waals surface area contributed by atoms with Crippen LogP contribution in [0, 0.1) is 0 Å². The maximum absolute atomic E-state index is 6.59. The van der Waals surface area contributed by atoms with Crippen LogP contribution in [-0.2, 0) is 0 Å². The third-order valence-corrected chi connectivity index (χ3v) is 4.73. The lowest BCUT2D eigenvalue weighted by molar-refractivity contribution is 0.787. The first-order valence-corrected chi connectivity index (χ1v) is 8.78. The molecule has 0 saturated heterocycles. The van der Waals surface area contributed by atoms with Crippen molar-refractivity contribution in [2.24, 2.45) is 4.99 Å². The van der Waals surface area contributed by atoms with Gasteiger partial charge in [-0.05, 0) is 55.7 Å². The minimum atomic E-state index is 0.252. The van der Waals surface area contributed by atoms with E-state index in [1.165, 1.54) is 5.57 Å². The molecule has 2 nitrogen and oxygen atoms in total. The van der Waals surface area contributed by atoms with Crippen molar-refractivity contribution < 1.29 is 0 Å². The van der Waals surface area contributed by atoms with E-state index in [9.17, 15) is 0 Å². The van der Waals surface area contributed by atoms with Crippen LogP contribution in [0.4, 0.5) is 0 Å². The third-order valence-electron chi connectivity index (χ3n) is 4.24. The summed E-state index contributed by atoms with van der Waals surface area (Å²) in [6.07, 6.45) is 25.4. The van der Waals surface area contributed by atoms with E-state index >= 15 is 0 Å². The molecule has 3 aliphatic carbocycles. The normalized spacial score (nSPS) is 26.2. The van der Waals surface area contributed by atoms with Gasteiger partial charge in [-0.3, -0.25) is 4.99 Å². The van der Waals surface area contributed by atoms with Crippen LogP contribution in [0.1, 0.15) is 38.5 Å². The Morgan fingerprint density at radius 1 is 1.17 bits per heavy atom. The fourth-order valence-corrected chi connectivity index (χ4v) is 3.20. The number of nitrogens with zero attached hydrogens (tertiary/aromatic N) is 1.